The van der Waals surface area contributed by atoms with Gasteiger partial charge in [0.25, 0.3) is 0 Å². The largest absolute Gasteiger partial charge is 0.317 e. The Kier molecular flexibility index (Phi) is 6.16. The van der Waals surface area contributed by atoms with E-state index in [0.717, 1.165) is 47.7 Å². The molecule has 1 aromatic rings. The highest BCUT2D eigenvalue weighted by atomic mass is 35.5. The van der Waals surface area contributed by atoms with E-state index in [9.17, 15) is 0 Å². The minimum absolute atomic E-state index is 0.307. The van der Waals surface area contributed by atoms with E-state index in [2.05, 4.69) is 24.1 Å². The van der Waals surface area contributed by atoms with Gasteiger partial charge in [-0.05, 0) is 69.1 Å². The molecule has 1 unspecified atom stereocenters. The van der Waals surface area contributed by atoms with E-state index in [1.165, 1.54) is 12.8 Å². The van der Waals surface area contributed by atoms with Crippen LogP contribution in [-0.2, 0) is 0 Å². The van der Waals surface area contributed by atoms with Gasteiger partial charge in [-0.15, -0.1) is 0 Å². The first kappa shape index (κ1) is 16.1. The van der Waals surface area contributed by atoms with Crippen molar-refractivity contribution in [3.05, 3.63) is 33.8 Å². The second-order valence-corrected chi connectivity index (χ2v) is 6.47. The lowest BCUT2D eigenvalue weighted by Gasteiger charge is -2.34. The second kappa shape index (κ2) is 7.65. The third kappa shape index (κ3) is 4.11. The van der Waals surface area contributed by atoms with Gasteiger partial charge in [0.2, 0.25) is 0 Å². The summed E-state index contributed by atoms with van der Waals surface area (Å²) < 4.78 is 0. The van der Waals surface area contributed by atoms with Crippen LogP contribution < -0.4 is 5.32 Å². The molecule has 0 aromatic heterocycles. The number of benzene rings is 1. The predicted molar refractivity (Wildman–Crippen MR) is 87.7 cm³/mol. The molecule has 1 aromatic carbocycles. The summed E-state index contributed by atoms with van der Waals surface area (Å²) in [6, 6.07) is 6.05. The van der Waals surface area contributed by atoms with Crippen molar-refractivity contribution in [2.24, 2.45) is 5.92 Å². The number of nitrogens with one attached hydrogen (secondary N) is 1. The van der Waals surface area contributed by atoms with Gasteiger partial charge in [0.15, 0.2) is 0 Å². The van der Waals surface area contributed by atoms with Crippen molar-refractivity contribution < 1.29 is 0 Å². The Balaban J connectivity index is 2.07. The minimum atomic E-state index is 0.307. The third-order valence-electron chi connectivity index (χ3n) is 4.31. The number of nitrogens with zero attached hydrogens (tertiary/aromatic N) is 1. The molecule has 0 saturated carbocycles. The molecule has 20 heavy (non-hydrogen) atoms. The van der Waals surface area contributed by atoms with Gasteiger partial charge in [0.05, 0.1) is 0 Å². The Labute approximate surface area is 132 Å². The fraction of sp³-hybridized carbons (Fsp3) is 0.625. The Hall–Kier alpha value is -0.280. The molecular weight excluding hydrogens is 291 g/mol. The summed E-state index contributed by atoms with van der Waals surface area (Å²) in [6.07, 6.45) is 2.54. The first-order valence-electron chi connectivity index (χ1n) is 7.51. The van der Waals surface area contributed by atoms with E-state index in [0.29, 0.717) is 6.04 Å². The highest BCUT2D eigenvalue weighted by molar-refractivity contribution is 6.33. The van der Waals surface area contributed by atoms with Gasteiger partial charge < -0.3 is 5.32 Å². The minimum Gasteiger partial charge on any atom is -0.317 e. The molecule has 4 heteroatoms. The van der Waals surface area contributed by atoms with Crippen molar-refractivity contribution in [1.82, 2.24) is 10.2 Å². The van der Waals surface area contributed by atoms with E-state index in [-0.39, 0.29) is 0 Å². The maximum absolute atomic E-state index is 6.34. The Morgan fingerprint density at radius 1 is 1.30 bits per heavy atom. The fourth-order valence-corrected chi connectivity index (χ4v) is 3.44. The summed E-state index contributed by atoms with van der Waals surface area (Å²) in [4.78, 5) is 2.51. The molecule has 1 aliphatic heterocycles. The molecule has 1 saturated heterocycles. The zero-order chi connectivity index (χ0) is 14.5. The standard InChI is InChI=1S/C16H24Cl2N2/c1-3-20(11-13-6-8-19-9-7-13)12(2)15-10-14(17)4-5-16(15)18/h4-5,10,12-13,19H,3,6-9,11H2,1-2H3. The van der Waals surface area contributed by atoms with Crippen molar-refractivity contribution in [2.45, 2.75) is 32.7 Å². The molecule has 1 aliphatic rings. The lowest BCUT2D eigenvalue weighted by atomic mass is 9.96. The number of hydrogen-bond acceptors (Lipinski definition) is 2. The van der Waals surface area contributed by atoms with Crippen LogP contribution in [0.5, 0.6) is 0 Å². The van der Waals surface area contributed by atoms with Crippen LogP contribution in [0.25, 0.3) is 0 Å². The summed E-state index contributed by atoms with van der Waals surface area (Å²) in [6.45, 7) is 8.91. The number of halogens is 2. The van der Waals surface area contributed by atoms with Gasteiger partial charge in [-0.25, -0.2) is 0 Å². The van der Waals surface area contributed by atoms with E-state index >= 15 is 0 Å². The van der Waals surface area contributed by atoms with Crippen LogP contribution in [-0.4, -0.2) is 31.1 Å². The molecule has 0 bridgehead atoms. The molecule has 1 atom stereocenters. The van der Waals surface area contributed by atoms with Crippen LogP contribution >= 0.6 is 23.2 Å². The van der Waals surface area contributed by atoms with Crippen LogP contribution in [0.2, 0.25) is 10.0 Å². The number of rotatable bonds is 5. The van der Waals surface area contributed by atoms with Crippen LogP contribution in [0.4, 0.5) is 0 Å². The van der Waals surface area contributed by atoms with Gasteiger partial charge in [0, 0.05) is 22.6 Å². The first-order valence-corrected chi connectivity index (χ1v) is 8.27. The lowest BCUT2D eigenvalue weighted by molar-refractivity contribution is 0.169. The molecule has 0 spiro atoms. The maximum atomic E-state index is 6.34. The zero-order valence-corrected chi connectivity index (χ0v) is 13.8. The summed E-state index contributed by atoms with van der Waals surface area (Å²) in [5, 5.41) is 5.00. The van der Waals surface area contributed by atoms with Gasteiger partial charge in [-0.2, -0.15) is 0 Å². The third-order valence-corrected chi connectivity index (χ3v) is 4.89. The Morgan fingerprint density at radius 2 is 2.00 bits per heavy atom. The van der Waals surface area contributed by atoms with Crippen molar-refractivity contribution in [3.8, 4) is 0 Å². The molecule has 1 fully saturated rings. The average Bonchev–Trinajstić information content (AvgIpc) is 2.47. The molecule has 2 nitrogen and oxygen atoms in total. The van der Waals surface area contributed by atoms with Crippen molar-refractivity contribution in [3.63, 3.8) is 0 Å². The molecule has 0 radical (unpaired) electrons. The molecule has 112 valence electrons. The van der Waals surface area contributed by atoms with Gasteiger partial charge in [-0.3, -0.25) is 4.90 Å². The van der Waals surface area contributed by atoms with E-state index in [1.54, 1.807) is 0 Å². The SMILES string of the molecule is CCN(CC1CCNCC1)C(C)c1cc(Cl)ccc1Cl. The Morgan fingerprint density at radius 3 is 2.65 bits per heavy atom. The summed E-state index contributed by atoms with van der Waals surface area (Å²) in [7, 11) is 0. The van der Waals surface area contributed by atoms with E-state index < -0.39 is 0 Å². The van der Waals surface area contributed by atoms with Crippen LogP contribution in [0, 0.1) is 5.92 Å². The molecule has 0 amide bonds. The monoisotopic (exact) mass is 314 g/mol. The number of piperidine rings is 1. The topological polar surface area (TPSA) is 15.3 Å². The highest BCUT2D eigenvalue weighted by Crippen LogP contribution is 2.31. The normalized spacial score (nSPS) is 18.4. The lowest BCUT2D eigenvalue weighted by Crippen LogP contribution is -2.37. The quantitative estimate of drug-likeness (QED) is 0.867. The molecule has 0 aliphatic carbocycles. The van der Waals surface area contributed by atoms with Crippen molar-refractivity contribution in [2.75, 3.05) is 26.2 Å². The summed E-state index contributed by atoms with van der Waals surface area (Å²) in [5.74, 6) is 0.789. The maximum Gasteiger partial charge on any atom is 0.0454 e. The molecule has 1 heterocycles. The van der Waals surface area contributed by atoms with Crippen LogP contribution in [0.15, 0.2) is 18.2 Å². The van der Waals surface area contributed by atoms with Gasteiger partial charge >= 0.3 is 0 Å². The van der Waals surface area contributed by atoms with Crippen molar-refractivity contribution >= 4 is 23.2 Å². The van der Waals surface area contributed by atoms with Crippen LogP contribution in [0.1, 0.15) is 38.3 Å². The fourth-order valence-electron chi connectivity index (χ4n) is 2.99. The Bertz CT molecular complexity index is 430. The van der Waals surface area contributed by atoms with Crippen LogP contribution in [0.3, 0.4) is 0 Å². The molecule has 1 N–H and O–H groups in total. The predicted octanol–water partition coefficient (Wildman–Crippen LogP) is 4.38. The average molecular weight is 315 g/mol. The molecule has 2 rings (SSSR count). The smallest absolute Gasteiger partial charge is 0.0454 e. The molecular formula is C16H24Cl2N2. The first-order chi connectivity index (χ1) is 9.61. The van der Waals surface area contributed by atoms with E-state index in [1.807, 2.05) is 18.2 Å². The van der Waals surface area contributed by atoms with Gasteiger partial charge in [-0.1, -0.05) is 30.1 Å². The second-order valence-electron chi connectivity index (χ2n) is 5.62. The van der Waals surface area contributed by atoms with Crippen molar-refractivity contribution in [1.29, 1.82) is 0 Å². The summed E-state index contributed by atoms with van der Waals surface area (Å²) >= 11 is 12.5. The van der Waals surface area contributed by atoms with Gasteiger partial charge in [0.1, 0.15) is 0 Å². The van der Waals surface area contributed by atoms with E-state index in [4.69, 9.17) is 23.2 Å². The number of hydrogen-bond donors (Lipinski definition) is 1. The highest BCUT2D eigenvalue weighted by Gasteiger charge is 2.22. The summed E-state index contributed by atoms with van der Waals surface area (Å²) in [5.41, 5.74) is 1.13. The zero-order valence-electron chi connectivity index (χ0n) is 12.3.